The number of piperidine rings is 1. The highest BCUT2D eigenvalue weighted by Crippen LogP contribution is 2.29. The Bertz CT molecular complexity index is 810. The molecule has 8 nitrogen and oxygen atoms in total. The molecular weight excluding hydrogens is 330 g/mol. The van der Waals surface area contributed by atoms with Crippen LogP contribution in [0.5, 0.6) is 0 Å². The highest BCUT2D eigenvalue weighted by Gasteiger charge is 2.27. The molecule has 0 radical (unpaired) electrons. The van der Waals surface area contributed by atoms with Crippen molar-refractivity contribution >= 4 is 11.7 Å². The van der Waals surface area contributed by atoms with Crippen LogP contribution < -0.4 is 15.5 Å². The van der Waals surface area contributed by atoms with Gasteiger partial charge in [0.1, 0.15) is 11.6 Å². The first-order valence-electron chi connectivity index (χ1n) is 9.25. The topological polar surface area (TPSA) is 98.8 Å². The first kappa shape index (κ1) is 17.0. The summed E-state index contributed by atoms with van der Waals surface area (Å²) < 4.78 is 0. The van der Waals surface area contributed by atoms with Gasteiger partial charge in [0.2, 0.25) is 0 Å². The SMILES string of the molecule is CNC(=O)c1n[nH]c2c1CN(c1cc(C3CCNCC3)nc(C)n1)CC2. The number of carbonyl (C=O) groups excluding carboxylic acids is 1. The number of nitrogens with zero attached hydrogens (tertiary/aromatic N) is 4. The van der Waals surface area contributed by atoms with Crippen LogP contribution in [-0.2, 0) is 13.0 Å². The number of carbonyl (C=O) groups is 1. The zero-order valence-corrected chi connectivity index (χ0v) is 15.3. The molecule has 2 aromatic rings. The lowest BCUT2D eigenvalue weighted by Crippen LogP contribution is -2.33. The van der Waals surface area contributed by atoms with E-state index in [1.54, 1.807) is 7.05 Å². The Hall–Kier alpha value is -2.48. The average Bonchev–Trinajstić information content (AvgIpc) is 3.11. The number of fused-ring (bicyclic) bond motifs is 1. The standard InChI is InChI=1S/C18H25N7O/c1-11-21-15(12-3-6-20-7-4-12)9-16(22-11)25-8-5-14-13(10-25)17(24-23-14)18(26)19-2/h9,12,20H,3-8,10H2,1-2H3,(H,19,26)(H,23,24). The molecular formula is C18H25N7O. The quantitative estimate of drug-likeness (QED) is 0.757. The molecule has 0 spiro atoms. The Balaban J connectivity index is 1.61. The zero-order valence-electron chi connectivity index (χ0n) is 15.3. The largest absolute Gasteiger partial charge is 0.354 e. The fourth-order valence-electron chi connectivity index (χ4n) is 3.86. The normalized spacial score (nSPS) is 17.8. The second kappa shape index (κ2) is 7.03. The van der Waals surface area contributed by atoms with E-state index in [0.29, 0.717) is 18.2 Å². The molecule has 3 N–H and O–H groups in total. The van der Waals surface area contributed by atoms with E-state index in [-0.39, 0.29) is 5.91 Å². The van der Waals surface area contributed by atoms with Crippen molar-refractivity contribution in [1.82, 2.24) is 30.8 Å². The average molecular weight is 355 g/mol. The Morgan fingerprint density at radius 3 is 2.88 bits per heavy atom. The molecule has 1 saturated heterocycles. The second-order valence-electron chi connectivity index (χ2n) is 7.00. The van der Waals surface area contributed by atoms with Crippen LogP contribution in [0.4, 0.5) is 5.82 Å². The summed E-state index contributed by atoms with van der Waals surface area (Å²) >= 11 is 0. The summed E-state index contributed by atoms with van der Waals surface area (Å²) in [5.41, 5.74) is 3.63. The molecule has 1 fully saturated rings. The highest BCUT2D eigenvalue weighted by molar-refractivity contribution is 5.93. The molecule has 0 saturated carbocycles. The van der Waals surface area contributed by atoms with Gasteiger partial charge in [0.25, 0.3) is 5.91 Å². The Kier molecular flexibility index (Phi) is 4.58. The second-order valence-corrected chi connectivity index (χ2v) is 7.00. The number of aromatic amines is 1. The van der Waals surface area contributed by atoms with Crippen molar-refractivity contribution in [3.05, 3.63) is 34.5 Å². The fourth-order valence-corrected chi connectivity index (χ4v) is 3.86. The van der Waals surface area contributed by atoms with Crippen LogP contribution in [-0.4, -0.2) is 52.8 Å². The number of aromatic nitrogens is 4. The van der Waals surface area contributed by atoms with Crippen molar-refractivity contribution in [2.24, 2.45) is 0 Å². The van der Waals surface area contributed by atoms with Gasteiger partial charge < -0.3 is 15.5 Å². The van der Waals surface area contributed by atoms with Crippen molar-refractivity contribution < 1.29 is 4.79 Å². The third kappa shape index (κ3) is 3.16. The van der Waals surface area contributed by atoms with E-state index < -0.39 is 0 Å². The lowest BCUT2D eigenvalue weighted by Gasteiger charge is -2.29. The predicted molar refractivity (Wildman–Crippen MR) is 98.3 cm³/mol. The van der Waals surface area contributed by atoms with E-state index in [2.05, 4.69) is 36.8 Å². The van der Waals surface area contributed by atoms with Gasteiger partial charge in [0.05, 0.1) is 0 Å². The number of anilines is 1. The predicted octanol–water partition coefficient (Wildman–Crippen LogP) is 0.897. The maximum Gasteiger partial charge on any atom is 0.271 e. The van der Waals surface area contributed by atoms with E-state index in [9.17, 15) is 4.79 Å². The van der Waals surface area contributed by atoms with Gasteiger partial charge in [0, 0.05) is 55.5 Å². The lowest BCUT2D eigenvalue weighted by atomic mass is 9.94. The molecule has 8 heteroatoms. The number of amides is 1. The van der Waals surface area contributed by atoms with Gasteiger partial charge in [-0.2, -0.15) is 5.10 Å². The minimum absolute atomic E-state index is 0.154. The van der Waals surface area contributed by atoms with Crippen LogP contribution in [0, 0.1) is 6.92 Å². The number of hydrogen-bond donors (Lipinski definition) is 3. The van der Waals surface area contributed by atoms with E-state index in [0.717, 1.165) is 67.5 Å². The molecule has 138 valence electrons. The van der Waals surface area contributed by atoms with Crippen molar-refractivity contribution in [1.29, 1.82) is 0 Å². The molecule has 2 aromatic heterocycles. The maximum atomic E-state index is 12.1. The molecule has 0 aromatic carbocycles. The minimum atomic E-state index is -0.154. The summed E-state index contributed by atoms with van der Waals surface area (Å²) in [4.78, 5) is 23.7. The summed E-state index contributed by atoms with van der Waals surface area (Å²) in [6.07, 6.45) is 3.05. The van der Waals surface area contributed by atoms with Gasteiger partial charge >= 0.3 is 0 Å². The molecule has 4 rings (SSSR count). The van der Waals surface area contributed by atoms with E-state index in [4.69, 9.17) is 4.98 Å². The van der Waals surface area contributed by atoms with Crippen LogP contribution in [0.2, 0.25) is 0 Å². The Morgan fingerprint density at radius 1 is 1.31 bits per heavy atom. The van der Waals surface area contributed by atoms with Crippen molar-refractivity contribution in [3.63, 3.8) is 0 Å². The minimum Gasteiger partial charge on any atom is -0.354 e. The molecule has 0 atom stereocenters. The van der Waals surface area contributed by atoms with Gasteiger partial charge in [-0.15, -0.1) is 0 Å². The summed E-state index contributed by atoms with van der Waals surface area (Å²) in [7, 11) is 1.63. The van der Waals surface area contributed by atoms with Crippen LogP contribution in [0.3, 0.4) is 0 Å². The summed E-state index contributed by atoms with van der Waals surface area (Å²) in [6.45, 7) is 5.53. The van der Waals surface area contributed by atoms with Crippen LogP contribution >= 0.6 is 0 Å². The van der Waals surface area contributed by atoms with Crippen molar-refractivity contribution in [3.8, 4) is 0 Å². The molecule has 2 aliphatic rings. The monoisotopic (exact) mass is 355 g/mol. The number of hydrogen-bond acceptors (Lipinski definition) is 6. The van der Waals surface area contributed by atoms with Crippen LogP contribution in [0.1, 0.15) is 52.0 Å². The van der Waals surface area contributed by atoms with E-state index >= 15 is 0 Å². The van der Waals surface area contributed by atoms with Gasteiger partial charge in [-0.05, 0) is 32.9 Å². The lowest BCUT2D eigenvalue weighted by molar-refractivity contribution is 0.0957. The maximum absolute atomic E-state index is 12.1. The number of rotatable bonds is 3. The van der Waals surface area contributed by atoms with Gasteiger partial charge in [-0.3, -0.25) is 9.89 Å². The van der Waals surface area contributed by atoms with Crippen molar-refractivity contribution in [2.45, 2.75) is 38.6 Å². The Labute approximate surface area is 152 Å². The summed E-state index contributed by atoms with van der Waals surface area (Å²) in [5.74, 6) is 2.09. The first-order chi connectivity index (χ1) is 12.7. The van der Waals surface area contributed by atoms with E-state index in [1.165, 1.54) is 0 Å². The molecule has 2 aliphatic heterocycles. The molecule has 1 amide bonds. The molecule has 4 heterocycles. The van der Waals surface area contributed by atoms with Crippen molar-refractivity contribution in [2.75, 3.05) is 31.6 Å². The fraction of sp³-hybridized carbons (Fsp3) is 0.556. The third-order valence-electron chi connectivity index (χ3n) is 5.30. The molecule has 0 bridgehead atoms. The highest BCUT2D eigenvalue weighted by atomic mass is 16.1. The Morgan fingerprint density at radius 2 is 2.12 bits per heavy atom. The molecule has 26 heavy (non-hydrogen) atoms. The van der Waals surface area contributed by atoms with Gasteiger partial charge in [0.15, 0.2) is 5.69 Å². The van der Waals surface area contributed by atoms with Gasteiger partial charge in [-0.25, -0.2) is 9.97 Å². The van der Waals surface area contributed by atoms with Crippen LogP contribution in [0.15, 0.2) is 6.07 Å². The molecule has 0 unspecified atom stereocenters. The number of nitrogens with one attached hydrogen (secondary N) is 3. The first-order valence-corrected chi connectivity index (χ1v) is 9.25. The number of H-pyrrole nitrogens is 1. The van der Waals surface area contributed by atoms with Gasteiger partial charge in [-0.1, -0.05) is 0 Å². The summed E-state index contributed by atoms with van der Waals surface area (Å²) in [5, 5.41) is 13.3. The molecule has 0 aliphatic carbocycles. The smallest absolute Gasteiger partial charge is 0.271 e. The third-order valence-corrected chi connectivity index (χ3v) is 5.30. The number of aryl methyl sites for hydroxylation is 1. The zero-order chi connectivity index (χ0) is 18.1. The van der Waals surface area contributed by atoms with Crippen LogP contribution in [0.25, 0.3) is 0 Å². The summed E-state index contributed by atoms with van der Waals surface area (Å²) in [6, 6.07) is 2.13. The van der Waals surface area contributed by atoms with E-state index in [1.807, 2.05) is 6.92 Å².